The minimum absolute atomic E-state index is 0.0198. The fraction of sp³-hybridized carbons (Fsp3) is 0.500. The number of hydrogen-bond donors (Lipinski definition) is 2. The number of halogens is 1. The number of furan rings is 1. The standard InChI is InChI=1S/C30H38FN5O3S/c1-20-28(21(2)37)40-30(32-20)34-29(38)33-27-9-12-36(16-24-10-13-39-19-24)18-25(27)17-35-11-3-4-23(15-35)14-22-5-7-26(31)8-6-22/h5-8,10,13,19,23,25,27H,3-4,9,11-12,14-18H2,1-2H3,(H2,32,33,34,38)/t23-,25+,27+/m0/s1. The van der Waals surface area contributed by atoms with Gasteiger partial charge in [-0.25, -0.2) is 14.2 Å². The van der Waals surface area contributed by atoms with Crippen molar-refractivity contribution < 1.29 is 18.4 Å². The number of nitrogens with one attached hydrogen (secondary N) is 2. The third kappa shape index (κ3) is 7.56. The van der Waals surface area contributed by atoms with E-state index in [0.29, 0.717) is 21.6 Å². The van der Waals surface area contributed by atoms with Crippen LogP contribution >= 0.6 is 11.3 Å². The summed E-state index contributed by atoms with van der Waals surface area (Å²) in [6.45, 7) is 8.82. The van der Waals surface area contributed by atoms with E-state index in [1.807, 2.05) is 18.2 Å². The summed E-state index contributed by atoms with van der Waals surface area (Å²) >= 11 is 1.21. The van der Waals surface area contributed by atoms with Gasteiger partial charge in [0.15, 0.2) is 10.9 Å². The van der Waals surface area contributed by atoms with E-state index in [4.69, 9.17) is 4.42 Å². The van der Waals surface area contributed by atoms with Crippen molar-refractivity contribution in [1.29, 1.82) is 0 Å². The maximum Gasteiger partial charge on any atom is 0.321 e. The quantitative estimate of drug-likeness (QED) is 0.339. The molecule has 0 aliphatic carbocycles. The largest absolute Gasteiger partial charge is 0.472 e. The zero-order valence-corrected chi connectivity index (χ0v) is 24.0. The second-order valence-corrected chi connectivity index (χ2v) is 12.2. The number of carbonyl (C=O) groups is 2. The van der Waals surface area contributed by atoms with E-state index in [0.717, 1.165) is 64.1 Å². The molecule has 2 aliphatic rings. The van der Waals surface area contributed by atoms with E-state index in [1.54, 1.807) is 31.6 Å². The van der Waals surface area contributed by atoms with Crippen LogP contribution in [0.15, 0.2) is 47.3 Å². The highest BCUT2D eigenvalue weighted by atomic mass is 32.1. The second kappa shape index (κ2) is 13.1. The molecule has 2 saturated heterocycles. The molecule has 2 aromatic heterocycles. The zero-order chi connectivity index (χ0) is 28.1. The number of likely N-dealkylation sites (tertiary alicyclic amines) is 2. The van der Waals surface area contributed by atoms with Gasteiger partial charge in [-0.1, -0.05) is 23.5 Å². The average molecular weight is 568 g/mol. The van der Waals surface area contributed by atoms with Gasteiger partial charge in [-0.3, -0.25) is 15.0 Å². The molecule has 0 bridgehead atoms. The van der Waals surface area contributed by atoms with Crippen molar-refractivity contribution in [2.24, 2.45) is 11.8 Å². The van der Waals surface area contributed by atoms with Gasteiger partial charge in [-0.2, -0.15) is 0 Å². The van der Waals surface area contributed by atoms with Crippen molar-refractivity contribution in [2.45, 2.75) is 52.1 Å². The molecule has 0 saturated carbocycles. The van der Waals surface area contributed by atoms with Gasteiger partial charge in [0.05, 0.1) is 23.1 Å². The molecule has 0 spiro atoms. The van der Waals surface area contributed by atoms with E-state index in [1.165, 1.54) is 30.2 Å². The van der Waals surface area contributed by atoms with Crippen molar-refractivity contribution in [3.05, 3.63) is 70.4 Å². The van der Waals surface area contributed by atoms with Gasteiger partial charge in [0.1, 0.15) is 5.82 Å². The van der Waals surface area contributed by atoms with Crippen LogP contribution in [0.1, 0.15) is 52.7 Å². The van der Waals surface area contributed by atoms with Crippen LogP contribution in [0.2, 0.25) is 0 Å². The van der Waals surface area contributed by atoms with Gasteiger partial charge in [0.25, 0.3) is 0 Å². The molecular weight excluding hydrogens is 529 g/mol. The SMILES string of the molecule is CC(=O)c1sc(NC(=O)N[C@@H]2CCN(Cc3ccoc3)C[C@H]2CN2CCC[C@@H](Cc3ccc(F)cc3)C2)nc1C. The molecule has 214 valence electrons. The molecule has 5 rings (SSSR count). The minimum atomic E-state index is -0.282. The maximum absolute atomic E-state index is 13.4. The summed E-state index contributed by atoms with van der Waals surface area (Å²) in [4.78, 5) is 34.7. The van der Waals surface area contributed by atoms with Crippen molar-refractivity contribution in [3.8, 4) is 0 Å². The van der Waals surface area contributed by atoms with Gasteiger partial charge in [0, 0.05) is 57.2 Å². The molecule has 40 heavy (non-hydrogen) atoms. The van der Waals surface area contributed by atoms with Crippen LogP contribution < -0.4 is 10.6 Å². The van der Waals surface area contributed by atoms with E-state index in [9.17, 15) is 14.0 Å². The molecule has 0 unspecified atom stereocenters. The monoisotopic (exact) mass is 567 g/mol. The highest BCUT2D eigenvalue weighted by molar-refractivity contribution is 7.17. The summed E-state index contributed by atoms with van der Waals surface area (Å²) in [6.07, 6.45) is 7.61. The fourth-order valence-electron chi connectivity index (χ4n) is 6.11. The van der Waals surface area contributed by atoms with E-state index >= 15 is 0 Å². The number of aromatic nitrogens is 1. The van der Waals surface area contributed by atoms with Gasteiger partial charge < -0.3 is 14.6 Å². The molecule has 2 fully saturated rings. The Kier molecular flexibility index (Phi) is 9.29. The van der Waals surface area contributed by atoms with E-state index in [-0.39, 0.29) is 29.6 Å². The van der Waals surface area contributed by atoms with Crippen molar-refractivity contribution in [1.82, 2.24) is 20.1 Å². The number of urea groups is 1. The van der Waals surface area contributed by atoms with Crippen molar-refractivity contribution in [2.75, 3.05) is 38.0 Å². The number of thiazole rings is 1. The Morgan fingerprint density at radius 3 is 2.65 bits per heavy atom. The van der Waals surface area contributed by atoms with Crippen LogP contribution in [0.5, 0.6) is 0 Å². The molecular formula is C30H38FN5O3S. The number of benzene rings is 1. The number of carbonyl (C=O) groups excluding carboxylic acids is 2. The van der Waals surface area contributed by atoms with Gasteiger partial charge in [0.2, 0.25) is 0 Å². The summed E-state index contributed by atoms with van der Waals surface area (Å²) in [7, 11) is 0. The van der Waals surface area contributed by atoms with Crippen LogP contribution in [-0.2, 0) is 13.0 Å². The fourth-order valence-corrected chi connectivity index (χ4v) is 6.97. The molecule has 3 aromatic rings. The predicted octanol–water partition coefficient (Wildman–Crippen LogP) is 5.35. The molecule has 2 aliphatic heterocycles. The first-order valence-corrected chi connectivity index (χ1v) is 14.9. The normalized spacial score (nSPS) is 22.2. The Bertz CT molecular complexity index is 1280. The first-order valence-electron chi connectivity index (χ1n) is 14.1. The number of piperidine rings is 2. The number of ketones is 1. The number of anilines is 1. The van der Waals surface area contributed by atoms with E-state index < -0.39 is 0 Å². The number of Topliss-reactive ketones (excluding diaryl/α,β-unsaturated/α-hetero) is 1. The van der Waals surface area contributed by atoms with Gasteiger partial charge in [-0.05, 0) is 68.8 Å². The Morgan fingerprint density at radius 2 is 1.93 bits per heavy atom. The van der Waals surface area contributed by atoms with Crippen molar-refractivity contribution in [3.63, 3.8) is 0 Å². The Labute approximate surface area is 239 Å². The number of nitrogens with zero attached hydrogens (tertiary/aromatic N) is 3. The van der Waals surface area contributed by atoms with Crippen LogP contribution in [-0.4, -0.2) is 65.4 Å². The topological polar surface area (TPSA) is 90.7 Å². The number of rotatable bonds is 9. The first kappa shape index (κ1) is 28.4. The lowest BCUT2D eigenvalue weighted by Gasteiger charge is -2.42. The van der Waals surface area contributed by atoms with Gasteiger partial charge >= 0.3 is 6.03 Å². The summed E-state index contributed by atoms with van der Waals surface area (Å²) in [5, 5.41) is 6.52. The molecule has 10 heteroatoms. The number of hydrogen-bond acceptors (Lipinski definition) is 7. The van der Waals surface area contributed by atoms with Crippen LogP contribution in [0, 0.1) is 24.6 Å². The molecule has 0 radical (unpaired) electrons. The highest BCUT2D eigenvalue weighted by Crippen LogP contribution is 2.27. The molecule has 2 N–H and O–H groups in total. The van der Waals surface area contributed by atoms with Crippen LogP contribution in [0.3, 0.4) is 0 Å². The number of aryl methyl sites for hydroxylation is 1. The molecule has 1 aromatic carbocycles. The predicted molar refractivity (Wildman–Crippen MR) is 154 cm³/mol. The minimum Gasteiger partial charge on any atom is -0.472 e. The average Bonchev–Trinajstić information content (AvgIpc) is 3.56. The van der Waals surface area contributed by atoms with Crippen molar-refractivity contribution >= 4 is 28.3 Å². The molecule has 2 amide bonds. The van der Waals surface area contributed by atoms with E-state index in [2.05, 4.69) is 25.4 Å². The second-order valence-electron chi connectivity index (χ2n) is 11.2. The Hall–Kier alpha value is -3.08. The summed E-state index contributed by atoms with van der Waals surface area (Å²) in [5.74, 6) is 0.538. The lowest BCUT2D eigenvalue weighted by molar-refractivity contribution is 0.0818. The smallest absolute Gasteiger partial charge is 0.321 e. The first-order chi connectivity index (χ1) is 19.3. The highest BCUT2D eigenvalue weighted by Gasteiger charge is 2.33. The Balaban J connectivity index is 1.22. The summed E-state index contributed by atoms with van der Waals surface area (Å²) in [5.41, 5.74) is 2.97. The molecule has 3 atom stereocenters. The lowest BCUT2D eigenvalue weighted by Crippen LogP contribution is -2.55. The Morgan fingerprint density at radius 1 is 1.10 bits per heavy atom. The lowest BCUT2D eigenvalue weighted by atomic mass is 9.88. The third-order valence-electron chi connectivity index (χ3n) is 7.99. The van der Waals surface area contributed by atoms with Gasteiger partial charge in [-0.15, -0.1) is 0 Å². The summed E-state index contributed by atoms with van der Waals surface area (Å²) < 4.78 is 18.6. The maximum atomic E-state index is 13.4. The van der Waals surface area contributed by atoms with Crippen LogP contribution in [0.25, 0.3) is 0 Å². The number of amides is 2. The zero-order valence-electron chi connectivity index (χ0n) is 23.2. The third-order valence-corrected chi connectivity index (χ3v) is 9.16. The molecule has 4 heterocycles. The molecule has 8 nitrogen and oxygen atoms in total. The van der Waals surface area contributed by atoms with Crippen LogP contribution in [0.4, 0.5) is 14.3 Å². The summed E-state index contributed by atoms with van der Waals surface area (Å²) in [6, 6.07) is 8.61.